The third-order valence-corrected chi connectivity index (χ3v) is 2.71. The van der Waals surface area contributed by atoms with Gasteiger partial charge in [-0.15, -0.1) is 0 Å². The molecule has 1 aromatic heterocycles. The quantitative estimate of drug-likeness (QED) is 0.877. The van der Waals surface area contributed by atoms with E-state index in [0.717, 1.165) is 0 Å². The van der Waals surface area contributed by atoms with Gasteiger partial charge in [0, 0.05) is 18.0 Å². The summed E-state index contributed by atoms with van der Waals surface area (Å²) in [7, 11) is 0. The maximum Gasteiger partial charge on any atom is 0.252 e. The first kappa shape index (κ1) is 13.7. The van der Waals surface area contributed by atoms with E-state index in [9.17, 15) is 14.0 Å². The monoisotopic (exact) mass is 273 g/mol. The average molecular weight is 273 g/mol. The zero-order valence-electron chi connectivity index (χ0n) is 10.4. The fourth-order valence-electron chi connectivity index (χ4n) is 1.69. The standard InChI is InChI=1S/C14H12FN3O2/c15-11-3-1-9(2-4-11)12(13(16)19)18-14(20)10-5-7-17-8-6-10/h1-8,12H,(H2,16,19)(H,18,20)/t12-/m1/s1. The molecule has 0 bridgehead atoms. The highest BCUT2D eigenvalue weighted by molar-refractivity contribution is 5.97. The Hall–Kier alpha value is -2.76. The molecule has 2 aromatic rings. The number of hydrogen-bond acceptors (Lipinski definition) is 3. The maximum atomic E-state index is 12.9. The third kappa shape index (κ3) is 3.17. The minimum atomic E-state index is -1.02. The van der Waals surface area contributed by atoms with E-state index < -0.39 is 23.7 Å². The van der Waals surface area contributed by atoms with Gasteiger partial charge in [0.05, 0.1) is 0 Å². The van der Waals surface area contributed by atoms with Crippen LogP contribution in [0, 0.1) is 5.82 Å². The molecule has 0 aliphatic heterocycles. The predicted octanol–water partition coefficient (Wildman–Crippen LogP) is 1.18. The summed E-state index contributed by atoms with van der Waals surface area (Å²) in [4.78, 5) is 27.2. The van der Waals surface area contributed by atoms with Crippen LogP contribution in [-0.4, -0.2) is 16.8 Å². The van der Waals surface area contributed by atoms with Crippen molar-refractivity contribution >= 4 is 11.8 Å². The fraction of sp³-hybridized carbons (Fsp3) is 0.0714. The lowest BCUT2D eigenvalue weighted by Crippen LogP contribution is -2.37. The third-order valence-electron chi connectivity index (χ3n) is 2.71. The van der Waals surface area contributed by atoms with E-state index in [0.29, 0.717) is 11.1 Å². The molecule has 102 valence electrons. The van der Waals surface area contributed by atoms with E-state index in [4.69, 9.17) is 5.73 Å². The summed E-state index contributed by atoms with van der Waals surface area (Å²) < 4.78 is 12.9. The van der Waals surface area contributed by atoms with E-state index in [1.807, 2.05) is 0 Å². The number of hydrogen-bond donors (Lipinski definition) is 2. The molecule has 0 unspecified atom stereocenters. The van der Waals surface area contributed by atoms with E-state index in [1.165, 1.54) is 48.8 Å². The van der Waals surface area contributed by atoms with E-state index in [1.54, 1.807) is 0 Å². The summed E-state index contributed by atoms with van der Waals surface area (Å²) >= 11 is 0. The molecule has 0 radical (unpaired) electrons. The van der Waals surface area contributed by atoms with Gasteiger partial charge in [0.1, 0.15) is 11.9 Å². The second-order valence-corrected chi connectivity index (χ2v) is 4.10. The van der Waals surface area contributed by atoms with Crippen LogP contribution in [0.3, 0.4) is 0 Å². The van der Waals surface area contributed by atoms with Crippen LogP contribution in [0.2, 0.25) is 0 Å². The minimum absolute atomic E-state index is 0.355. The summed E-state index contributed by atoms with van der Waals surface area (Å²) in [6, 6.07) is 7.20. The number of nitrogens with two attached hydrogens (primary N) is 1. The molecule has 2 rings (SSSR count). The van der Waals surface area contributed by atoms with Crippen molar-refractivity contribution in [1.29, 1.82) is 0 Å². The Morgan fingerprint density at radius 2 is 1.70 bits per heavy atom. The Labute approximate surface area is 114 Å². The zero-order chi connectivity index (χ0) is 14.5. The Morgan fingerprint density at radius 1 is 1.10 bits per heavy atom. The molecule has 2 amide bonds. The number of carbonyl (C=O) groups excluding carboxylic acids is 2. The van der Waals surface area contributed by atoms with Crippen molar-refractivity contribution in [2.45, 2.75) is 6.04 Å². The van der Waals surface area contributed by atoms with Crippen LogP contribution >= 0.6 is 0 Å². The SMILES string of the molecule is NC(=O)[C@H](NC(=O)c1ccncc1)c1ccc(F)cc1. The smallest absolute Gasteiger partial charge is 0.252 e. The van der Waals surface area contributed by atoms with E-state index >= 15 is 0 Å². The Bertz CT molecular complexity index is 614. The molecule has 3 N–H and O–H groups in total. The van der Waals surface area contributed by atoms with Crippen LogP contribution < -0.4 is 11.1 Å². The van der Waals surface area contributed by atoms with Gasteiger partial charge in [-0.1, -0.05) is 12.1 Å². The van der Waals surface area contributed by atoms with Crippen LogP contribution in [0.5, 0.6) is 0 Å². The van der Waals surface area contributed by atoms with Gasteiger partial charge in [0.2, 0.25) is 5.91 Å². The summed E-state index contributed by atoms with van der Waals surface area (Å²) in [5.74, 6) is -1.61. The van der Waals surface area contributed by atoms with Crippen molar-refractivity contribution in [1.82, 2.24) is 10.3 Å². The van der Waals surface area contributed by atoms with Gasteiger partial charge in [-0.3, -0.25) is 14.6 Å². The highest BCUT2D eigenvalue weighted by Crippen LogP contribution is 2.14. The molecule has 1 aromatic carbocycles. The second kappa shape index (κ2) is 5.92. The molecule has 0 aliphatic rings. The topological polar surface area (TPSA) is 85.1 Å². The van der Waals surface area contributed by atoms with Gasteiger partial charge in [-0.05, 0) is 29.8 Å². The first-order valence-electron chi connectivity index (χ1n) is 5.83. The Kier molecular flexibility index (Phi) is 4.05. The Balaban J connectivity index is 2.20. The summed E-state index contributed by atoms with van der Waals surface area (Å²) in [6.07, 6.45) is 2.93. The van der Waals surface area contributed by atoms with Crippen LogP contribution in [0.15, 0.2) is 48.8 Å². The van der Waals surface area contributed by atoms with Gasteiger partial charge in [0.15, 0.2) is 0 Å². The Morgan fingerprint density at radius 3 is 2.25 bits per heavy atom. The van der Waals surface area contributed by atoms with Crippen molar-refractivity contribution in [3.63, 3.8) is 0 Å². The second-order valence-electron chi connectivity index (χ2n) is 4.10. The zero-order valence-corrected chi connectivity index (χ0v) is 10.4. The van der Waals surface area contributed by atoms with E-state index in [2.05, 4.69) is 10.3 Å². The molecular formula is C14H12FN3O2. The van der Waals surface area contributed by atoms with Crippen molar-refractivity contribution in [2.75, 3.05) is 0 Å². The molecule has 20 heavy (non-hydrogen) atoms. The number of benzene rings is 1. The van der Waals surface area contributed by atoms with E-state index in [-0.39, 0.29) is 0 Å². The number of halogens is 1. The van der Waals surface area contributed by atoms with Gasteiger partial charge in [0.25, 0.3) is 5.91 Å². The number of primary amides is 1. The molecule has 1 heterocycles. The van der Waals surface area contributed by atoms with Gasteiger partial charge < -0.3 is 11.1 Å². The lowest BCUT2D eigenvalue weighted by molar-refractivity contribution is -0.120. The molecule has 0 saturated heterocycles. The van der Waals surface area contributed by atoms with Crippen LogP contribution in [0.4, 0.5) is 4.39 Å². The summed E-state index contributed by atoms with van der Waals surface area (Å²) in [5.41, 5.74) is 6.05. The van der Waals surface area contributed by atoms with Gasteiger partial charge in [-0.2, -0.15) is 0 Å². The summed E-state index contributed by atoms with van der Waals surface area (Å²) in [6.45, 7) is 0. The molecule has 0 saturated carbocycles. The van der Waals surface area contributed by atoms with Crippen LogP contribution in [-0.2, 0) is 4.79 Å². The number of pyridine rings is 1. The molecule has 0 spiro atoms. The maximum absolute atomic E-state index is 12.9. The summed E-state index contributed by atoms with van der Waals surface area (Å²) in [5, 5.41) is 2.50. The number of amides is 2. The lowest BCUT2D eigenvalue weighted by Gasteiger charge is -2.15. The van der Waals surface area contributed by atoms with Crippen LogP contribution in [0.25, 0.3) is 0 Å². The van der Waals surface area contributed by atoms with Crippen molar-refractivity contribution < 1.29 is 14.0 Å². The number of nitrogens with zero attached hydrogens (tertiary/aromatic N) is 1. The predicted molar refractivity (Wildman–Crippen MR) is 70.0 cm³/mol. The molecule has 5 nitrogen and oxygen atoms in total. The van der Waals surface area contributed by atoms with Gasteiger partial charge >= 0.3 is 0 Å². The molecule has 0 aliphatic carbocycles. The van der Waals surface area contributed by atoms with Gasteiger partial charge in [-0.25, -0.2) is 4.39 Å². The fourth-order valence-corrected chi connectivity index (χ4v) is 1.69. The number of rotatable bonds is 4. The number of carbonyl (C=O) groups is 2. The minimum Gasteiger partial charge on any atom is -0.368 e. The molecule has 0 fully saturated rings. The number of aromatic nitrogens is 1. The molecule has 6 heteroatoms. The first-order chi connectivity index (χ1) is 9.58. The van der Waals surface area contributed by atoms with Crippen molar-refractivity contribution in [3.05, 3.63) is 65.7 Å². The van der Waals surface area contributed by atoms with Crippen molar-refractivity contribution in [2.24, 2.45) is 5.73 Å². The lowest BCUT2D eigenvalue weighted by atomic mass is 10.1. The average Bonchev–Trinajstić information content (AvgIpc) is 2.46. The largest absolute Gasteiger partial charge is 0.368 e. The highest BCUT2D eigenvalue weighted by Gasteiger charge is 2.20. The molecule has 1 atom stereocenters. The normalized spacial score (nSPS) is 11.7. The van der Waals surface area contributed by atoms with Crippen molar-refractivity contribution in [3.8, 4) is 0 Å². The van der Waals surface area contributed by atoms with Crippen LogP contribution in [0.1, 0.15) is 22.0 Å². The highest BCUT2D eigenvalue weighted by atomic mass is 19.1. The first-order valence-corrected chi connectivity index (χ1v) is 5.83. The number of nitrogens with one attached hydrogen (secondary N) is 1. The molecular weight excluding hydrogens is 261 g/mol.